The van der Waals surface area contributed by atoms with Crippen molar-refractivity contribution in [1.29, 1.82) is 0 Å². The predicted octanol–water partition coefficient (Wildman–Crippen LogP) is 2.95. The fraction of sp³-hybridized carbons (Fsp3) is 0.583. The van der Waals surface area contributed by atoms with Crippen molar-refractivity contribution in [3.63, 3.8) is 0 Å². The number of pyridine rings is 1. The molecule has 2 rings (SSSR count). The maximum atomic E-state index is 4.41. The van der Waals surface area contributed by atoms with E-state index in [1.165, 1.54) is 17.5 Å². The van der Waals surface area contributed by atoms with Gasteiger partial charge in [-0.2, -0.15) is 0 Å². The van der Waals surface area contributed by atoms with E-state index in [9.17, 15) is 0 Å². The fourth-order valence-electron chi connectivity index (χ4n) is 2.40. The second-order valence-corrected chi connectivity index (χ2v) is 4.03. The standard InChI is InChI=1S/C12H18N2/c1-4-9-6-7-13-12-11(9)8(3)10(5-2)14-12/h6-8,10H,4-5H2,1-3H3,(H,13,14). The normalized spacial score (nSPS) is 24.5. The molecule has 2 nitrogen and oxygen atoms in total. The third-order valence-corrected chi connectivity index (χ3v) is 3.28. The van der Waals surface area contributed by atoms with Crippen LogP contribution >= 0.6 is 0 Å². The van der Waals surface area contributed by atoms with Gasteiger partial charge in [-0.15, -0.1) is 0 Å². The van der Waals surface area contributed by atoms with Crippen molar-refractivity contribution in [3.8, 4) is 0 Å². The number of rotatable bonds is 2. The molecular formula is C12H18N2. The Kier molecular flexibility index (Phi) is 2.44. The molecule has 2 heterocycles. The van der Waals surface area contributed by atoms with Gasteiger partial charge >= 0.3 is 0 Å². The molecule has 1 aromatic heterocycles. The van der Waals surface area contributed by atoms with Crippen molar-refractivity contribution >= 4 is 5.82 Å². The molecule has 0 saturated carbocycles. The summed E-state index contributed by atoms with van der Waals surface area (Å²) in [5.74, 6) is 1.72. The second kappa shape index (κ2) is 3.60. The van der Waals surface area contributed by atoms with Gasteiger partial charge in [0.15, 0.2) is 0 Å². The summed E-state index contributed by atoms with van der Waals surface area (Å²) in [5.41, 5.74) is 2.90. The topological polar surface area (TPSA) is 24.9 Å². The first kappa shape index (κ1) is 9.50. The molecule has 2 heteroatoms. The molecule has 0 spiro atoms. The Hall–Kier alpha value is -1.05. The molecule has 14 heavy (non-hydrogen) atoms. The minimum atomic E-state index is 0.574. The molecule has 0 fully saturated rings. The summed E-state index contributed by atoms with van der Waals surface area (Å²) in [7, 11) is 0. The zero-order valence-electron chi connectivity index (χ0n) is 9.17. The van der Waals surface area contributed by atoms with Gasteiger partial charge in [-0.1, -0.05) is 20.8 Å². The van der Waals surface area contributed by atoms with E-state index >= 15 is 0 Å². The summed E-state index contributed by atoms with van der Waals surface area (Å²) in [6.45, 7) is 6.74. The first-order valence-electron chi connectivity index (χ1n) is 5.52. The number of nitrogens with zero attached hydrogens (tertiary/aromatic N) is 1. The van der Waals surface area contributed by atoms with Gasteiger partial charge in [0.25, 0.3) is 0 Å². The van der Waals surface area contributed by atoms with Crippen molar-refractivity contribution < 1.29 is 0 Å². The van der Waals surface area contributed by atoms with Gasteiger partial charge in [0.05, 0.1) is 0 Å². The number of aromatic nitrogens is 1. The Bertz CT molecular complexity index is 333. The van der Waals surface area contributed by atoms with E-state index < -0.39 is 0 Å². The lowest BCUT2D eigenvalue weighted by Gasteiger charge is -2.14. The second-order valence-electron chi connectivity index (χ2n) is 4.03. The maximum absolute atomic E-state index is 4.41. The minimum absolute atomic E-state index is 0.574. The first-order chi connectivity index (χ1) is 6.77. The summed E-state index contributed by atoms with van der Waals surface area (Å²) in [5, 5.41) is 3.50. The number of hydrogen-bond acceptors (Lipinski definition) is 2. The van der Waals surface area contributed by atoms with Gasteiger partial charge in [-0.25, -0.2) is 4.98 Å². The van der Waals surface area contributed by atoms with Gasteiger partial charge in [0.1, 0.15) is 5.82 Å². The summed E-state index contributed by atoms with van der Waals surface area (Å²) in [6.07, 6.45) is 4.18. The van der Waals surface area contributed by atoms with E-state index in [1.54, 1.807) is 0 Å². The lowest BCUT2D eigenvalue weighted by molar-refractivity contribution is 0.615. The van der Waals surface area contributed by atoms with E-state index in [0.29, 0.717) is 12.0 Å². The highest BCUT2D eigenvalue weighted by molar-refractivity contribution is 5.56. The molecule has 2 atom stereocenters. The van der Waals surface area contributed by atoms with Gasteiger partial charge < -0.3 is 5.32 Å². The van der Waals surface area contributed by atoms with E-state index in [4.69, 9.17) is 0 Å². The molecule has 0 amide bonds. The Morgan fingerprint density at radius 1 is 1.43 bits per heavy atom. The predicted molar refractivity (Wildman–Crippen MR) is 59.7 cm³/mol. The Morgan fingerprint density at radius 3 is 2.86 bits per heavy atom. The molecule has 0 aromatic carbocycles. The summed E-state index contributed by atoms with van der Waals surface area (Å²) in [6, 6.07) is 2.72. The quantitative estimate of drug-likeness (QED) is 0.775. The zero-order valence-corrected chi connectivity index (χ0v) is 9.17. The average Bonchev–Trinajstić information content (AvgIpc) is 2.55. The van der Waals surface area contributed by atoms with E-state index in [-0.39, 0.29) is 0 Å². The van der Waals surface area contributed by atoms with Crippen LogP contribution in [0.2, 0.25) is 0 Å². The van der Waals surface area contributed by atoms with E-state index in [0.717, 1.165) is 12.2 Å². The SMILES string of the molecule is CCc1ccnc2c1C(C)C(CC)N2. The molecule has 0 aliphatic carbocycles. The first-order valence-corrected chi connectivity index (χ1v) is 5.52. The van der Waals surface area contributed by atoms with Gasteiger partial charge in [-0.05, 0) is 24.5 Å². The van der Waals surface area contributed by atoms with Crippen molar-refractivity contribution in [2.45, 2.75) is 45.6 Å². The summed E-state index contributed by atoms with van der Waals surface area (Å²) >= 11 is 0. The van der Waals surface area contributed by atoms with Crippen molar-refractivity contribution in [2.24, 2.45) is 0 Å². The van der Waals surface area contributed by atoms with Crippen molar-refractivity contribution in [1.82, 2.24) is 4.98 Å². The van der Waals surface area contributed by atoms with Crippen molar-refractivity contribution in [2.75, 3.05) is 5.32 Å². The summed E-state index contributed by atoms with van der Waals surface area (Å²) in [4.78, 5) is 4.41. The number of anilines is 1. The highest BCUT2D eigenvalue weighted by Crippen LogP contribution is 2.37. The lowest BCUT2D eigenvalue weighted by Crippen LogP contribution is -2.17. The molecule has 0 radical (unpaired) electrons. The van der Waals surface area contributed by atoms with E-state index in [1.807, 2.05) is 6.20 Å². The smallest absolute Gasteiger partial charge is 0.129 e. The lowest BCUT2D eigenvalue weighted by atomic mass is 9.92. The molecule has 0 saturated heterocycles. The van der Waals surface area contributed by atoms with Crippen LogP contribution in [0.15, 0.2) is 12.3 Å². The number of hydrogen-bond donors (Lipinski definition) is 1. The molecule has 1 aromatic rings. The van der Waals surface area contributed by atoms with Crippen LogP contribution in [0, 0.1) is 0 Å². The van der Waals surface area contributed by atoms with Crippen LogP contribution < -0.4 is 5.32 Å². The number of aryl methyl sites for hydroxylation is 1. The van der Waals surface area contributed by atoms with Crippen LogP contribution in [-0.4, -0.2) is 11.0 Å². The molecule has 1 aliphatic rings. The minimum Gasteiger partial charge on any atom is -0.367 e. The average molecular weight is 190 g/mol. The fourth-order valence-corrected chi connectivity index (χ4v) is 2.40. The molecule has 0 bridgehead atoms. The van der Waals surface area contributed by atoms with Crippen LogP contribution in [0.3, 0.4) is 0 Å². The van der Waals surface area contributed by atoms with Gasteiger partial charge in [-0.3, -0.25) is 0 Å². The van der Waals surface area contributed by atoms with Crippen LogP contribution in [0.4, 0.5) is 5.82 Å². The molecular weight excluding hydrogens is 172 g/mol. The highest BCUT2D eigenvalue weighted by Gasteiger charge is 2.29. The largest absolute Gasteiger partial charge is 0.367 e. The monoisotopic (exact) mass is 190 g/mol. The Morgan fingerprint density at radius 2 is 2.21 bits per heavy atom. The van der Waals surface area contributed by atoms with Gasteiger partial charge in [0, 0.05) is 23.7 Å². The van der Waals surface area contributed by atoms with E-state index in [2.05, 4.69) is 37.1 Å². The zero-order chi connectivity index (χ0) is 10.1. The maximum Gasteiger partial charge on any atom is 0.129 e. The van der Waals surface area contributed by atoms with Crippen LogP contribution in [-0.2, 0) is 6.42 Å². The number of nitrogens with one attached hydrogen (secondary N) is 1. The van der Waals surface area contributed by atoms with Crippen molar-refractivity contribution in [3.05, 3.63) is 23.4 Å². The highest BCUT2D eigenvalue weighted by atomic mass is 15.0. The van der Waals surface area contributed by atoms with Crippen LogP contribution in [0.5, 0.6) is 0 Å². The molecule has 1 N–H and O–H groups in total. The summed E-state index contributed by atoms with van der Waals surface area (Å²) < 4.78 is 0. The number of fused-ring (bicyclic) bond motifs is 1. The molecule has 76 valence electrons. The molecule has 1 aliphatic heterocycles. The Labute approximate surface area is 85.7 Å². The third-order valence-electron chi connectivity index (χ3n) is 3.28. The Balaban J connectivity index is 2.43. The third kappa shape index (κ3) is 1.29. The van der Waals surface area contributed by atoms with Crippen LogP contribution in [0.25, 0.3) is 0 Å². The van der Waals surface area contributed by atoms with Crippen LogP contribution in [0.1, 0.15) is 44.2 Å². The molecule has 2 unspecified atom stereocenters. The van der Waals surface area contributed by atoms with Gasteiger partial charge in [0.2, 0.25) is 0 Å².